The summed E-state index contributed by atoms with van der Waals surface area (Å²) in [5, 5.41) is 5.77. The Morgan fingerprint density at radius 2 is 1.76 bits per heavy atom. The summed E-state index contributed by atoms with van der Waals surface area (Å²) in [5.41, 5.74) is 0.00551. The van der Waals surface area contributed by atoms with Crippen LogP contribution in [0.3, 0.4) is 0 Å². The summed E-state index contributed by atoms with van der Waals surface area (Å²) in [7, 11) is 1.61. The molecule has 29 heavy (non-hydrogen) atoms. The van der Waals surface area contributed by atoms with Crippen molar-refractivity contribution in [2.24, 2.45) is 5.92 Å². The minimum absolute atomic E-state index is 0.105. The van der Waals surface area contributed by atoms with Crippen molar-refractivity contribution in [2.75, 3.05) is 13.7 Å². The smallest absolute Gasteiger partial charge is 0.332 e. The lowest BCUT2D eigenvalue weighted by Crippen LogP contribution is -2.56. The van der Waals surface area contributed by atoms with Gasteiger partial charge < -0.3 is 20.1 Å². The maximum atomic E-state index is 12.7. The van der Waals surface area contributed by atoms with Gasteiger partial charge in [0, 0.05) is 6.92 Å². The van der Waals surface area contributed by atoms with Gasteiger partial charge in [-0.25, -0.2) is 4.79 Å². The summed E-state index contributed by atoms with van der Waals surface area (Å²) >= 11 is 0. The Labute approximate surface area is 171 Å². The summed E-state index contributed by atoms with van der Waals surface area (Å²) < 4.78 is 10.5. The molecule has 0 spiro atoms. The highest BCUT2D eigenvalue weighted by molar-refractivity contribution is 5.89. The van der Waals surface area contributed by atoms with Crippen molar-refractivity contribution in [3.05, 3.63) is 29.8 Å². The van der Waals surface area contributed by atoms with Gasteiger partial charge in [0.1, 0.15) is 11.3 Å². The molecule has 0 saturated heterocycles. The lowest BCUT2D eigenvalue weighted by Gasteiger charge is -2.35. The molecule has 1 atom stereocenters. The largest absolute Gasteiger partial charge is 0.497 e. The van der Waals surface area contributed by atoms with E-state index in [1.165, 1.54) is 6.92 Å². The molecular weight excluding hydrogens is 372 g/mol. The minimum atomic E-state index is -1.00. The Hall–Kier alpha value is -2.57. The second-order valence-electron chi connectivity index (χ2n) is 8.06. The van der Waals surface area contributed by atoms with E-state index < -0.39 is 11.5 Å². The molecule has 1 aromatic rings. The number of carbonyl (C=O) groups excluding carboxylic acids is 3. The molecule has 0 aromatic heterocycles. The third-order valence-electron chi connectivity index (χ3n) is 5.73. The lowest BCUT2D eigenvalue weighted by atomic mass is 9.81. The van der Waals surface area contributed by atoms with Crippen molar-refractivity contribution >= 4 is 17.8 Å². The molecule has 2 fully saturated rings. The zero-order valence-electron chi connectivity index (χ0n) is 17.2. The van der Waals surface area contributed by atoms with Gasteiger partial charge in [-0.1, -0.05) is 31.4 Å². The van der Waals surface area contributed by atoms with Gasteiger partial charge >= 0.3 is 5.97 Å². The average molecular weight is 402 g/mol. The number of amides is 2. The number of benzene rings is 1. The highest BCUT2D eigenvalue weighted by atomic mass is 16.5. The number of esters is 1. The Morgan fingerprint density at radius 3 is 2.31 bits per heavy atom. The first-order valence-corrected chi connectivity index (χ1v) is 10.3. The number of ether oxygens (including phenoxy) is 2. The van der Waals surface area contributed by atoms with Gasteiger partial charge in [-0.3, -0.25) is 9.59 Å². The number of hydrogen-bond acceptors (Lipinski definition) is 5. The maximum Gasteiger partial charge on any atom is 0.332 e. The molecule has 2 aliphatic rings. The summed E-state index contributed by atoms with van der Waals surface area (Å²) in [4.78, 5) is 36.8. The maximum absolute atomic E-state index is 12.7. The van der Waals surface area contributed by atoms with Crippen molar-refractivity contribution in [3.8, 4) is 5.75 Å². The van der Waals surface area contributed by atoms with E-state index in [0.717, 1.165) is 43.4 Å². The fourth-order valence-corrected chi connectivity index (χ4v) is 4.07. The van der Waals surface area contributed by atoms with Gasteiger partial charge in [0.2, 0.25) is 5.91 Å². The third kappa shape index (κ3) is 5.49. The predicted molar refractivity (Wildman–Crippen MR) is 107 cm³/mol. The van der Waals surface area contributed by atoms with Crippen LogP contribution in [0.2, 0.25) is 0 Å². The van der Waals surface area contributed by atoms with Crippen molar-refractivity contribution < 1.29 is 23.9 Å². The number of methoxy groups -OCH3 is 1. The van der Waals surface area contributed by atoms with E-state index in [1.54, 1.807) is 7.11 Å². The average Bonchev–Trinajstić information content (AvgIpc) is 3.55. The molecule has 7 heteroatoms. The first-order chi connectivity index (χ1) is 13.9. The molecule has 7 nitrogen and oxygen atoms in total. The quantitative estimate of drug-likeness (QED) is 0.652. The van der Waals surface area contributed by atoms with Crippen LogP contribution in [0.25, 0.3) is 0 Å². The van der Waals surface area contributed by atoms with Crippen molar-refractivity contribution in [2.45, 2.75) is 63.5 Å². The van der Waals surface area contributed by atoms with Crippen molar-refractivity contribution in [1.82, 2.24) is 10.6 Å². The van der Waals surface area contributed by atoms with Crippen LogP contribution in [0.4, 0.5) is 0 Å². The fourth-order valence-electron chi connectivity index (χ4n) is 4.07. The first kappa shape index (κ1) is 21.1. The zero-order valence-corrected chi connectivity index (χ0v) is 17.2. The molecule has 2 N–H and O–H groups in total. The Morgan fingerprint density at radius 1 is 1.10 bits per heavy atom. The highest BCUT2D eigenvalue weighted by Gasteiger charge is 2.42. The topological polar surface area (TPSA) is 93.7 Å². The van der Waals surface area contributed by atoms with E-state index in [2.05, 4.69) is 10.6 Å². The van der Waals surface area contributed by atoms with Gasteiger partial charge in [0.05, 0.1) is 13.2 Å². The van der Waals surface area contributed by atoms with Gasteiger partial charge in [0.25, 0.3) is 5.91 Å². The molecule has 1 unspecified atom stereocenters. The van der Waals surface area contributed by atoms with Crippen LogP contribution in [0.15, 0.2) is 24.3 Å². The van der Waals surface area contributed by atoms with Gasteiger partial charge in [-0.2, -0.15) is 0 Å². The van der Waals surface area contributed by atoms with E-state index in [0.29, 0.717) is 18.8 Å². The van der Waals surface area contributed by atoms with Crippen LogP contribution >= 0.6 is 0 Å². The molecule has 3 rings (SSSR count). The SMILES string of the molecule is COc1ccc(C(NC(=O)COC(=O)C2(NC(C)=O)CCCCC2)C2CC2)cc1. The van der Waals surface area contributed by atoms with Crippen LogP contribution in [-0.4, -0.2) is 37.0 Å². The molecule has 2 amide bonds. The molecule has 0 radical (unpaired) electrons. The lowest BCUT2D eigenvalue weighted by molar-refractivity contribution is -0.158. The van der Waals surface area contributed by atoms with E-state index in [9.17, 15) is 14.4 Å². The van der Waals surface area contributed by atoms with Crippen LogP contribution in [0, 0.1) is 5.92 Å². The molecule has 2 saturated carbocycles. The first-order valence-electron chi connectivity index (χ1n) is 10.3. The Balaban J connectivity index is 1.58. The van der Waals surface area contributed by atoms with E-state index in [4.69, 9.17) is 9.47 Å². The zero-order chi connectivity index (χ0) is 20.9. The highest BCUT2D eigenvalue weighted by Crippen LogP contribution is 2.41. The Kier molecular flexibility index (Phi) is 6.77. The summed E-state index contributed by atoms with van der Waals surface area (Å²) in [6, 6.07) is 7.53. The molecule has 0 aliphatic heterocycles. The van der Waals surface area contributed by atoms with Gasteiger partial charge in [-0.15, -0.1) is 0 Å². The molecule has 0 bridgehead atoms. The van der Waals surface area contributed by atoms with Crippen LogP contribution in [0.5, 0.6) is 5.75 Å². The molecule has 0 heterocycles. The normalized spacial score (nSPS) is 19.0. The van der Waals surface area contributed by atoms with E-state index in [-0.39, 0.29) is 24.5 Å². The standard InChI is InChI=1S/C22H30N2O5/c1-15(25)24-22(12-4-3-5-13-22)21(27)29-14-19(26)23-20(16-6-7-16)17-8-10-18(28-2)11-9-17/h8-11,16,20H,3-7,12-14H2,1-2H3,(H,23,26)(H,24,25). The van der Waals surface area contributed by atoms with Gasteiger partial charge in [-0.05, 0) is 49.3 Å². The third-order valence-corrected chi connectivity index (χ3v) is 5.73. The second kappa shape index (κ2) is 9.29. The summed E-state index contributed by atoms with van der Waals surface area (Å²) in [6.45, 7) is 1.05. The van der Waals surface area contributed by atoms with E-state index in [1.807, 2.05) is 24.3 Å². The van der Waals surface area contributed by atoms with E-state index >= 15 is 0 Å². The van der Waals surface area contributed by atoms with Crippen LogP contribution in [0.1, 0.15) is 63.5 Å². The minimum Gasteiger partial charge on any atom is -0.497 e. The van der Waals surface area contributed by atoms with Crippen molar-refractivity contribution in [3.63, 3.8) is 0 Å². The van der Waals surface area contributed by atoms with Gasteiger partial charge in [0.15, 0.2) is 6.61 Å². The molecule has 158 valence electrons. The number of nitrogens with one attached hydrogen (secondary N) is 2. The number of hydrogen-bond donors (Lipinski definition) is 2. The molecular formula is C22H30N2O5. The molecule has 1 aromatic carbocycles. The second-order valence-corrected chi connectivity index (χ2v) is 8.06. The van der Waals surface area contributed by atoms with Crippen LogP contribution in [-0.2, 0) is 19.1 Å². The molecule has 2 aliphatic carbocycles. The number of carbonyl (C=O) groups is 3. The Bertz CT molecular complexity index is 736. The summed E-state index contributed by atoms with van der Waals surface area (Å²) in [6.07, 6.45) is 5.93. The fraction of sp³-hybridized carbons (Fsp3) is 0.591. The predicted octanol–water partition coefficient (Wildman–Crippen LogP) is 2.64. The summed E-state index contributed by atoms with van der Waals surface area (Å²) in [5.74, 6) is 0.0443. The van der Waals surface area contributed by atoms with Crippen LogP contribution < -0.4 is 15.4 Å². The number of rotatable bonds is 8. The monoisotopic (exact) mass is 402 g/mol. The van der Waals surface area contributed by atoms with Crippen molar-refractivity contribution in [1.29, 1.82) is 0 Å².